The van der Waals surface area contributed by atoms with Gasteiger partial charge in [-0.1, -0.05) is 6.92 Å². The van der Waals surface area contributed by atoms with E-state index in [1.54, 1.807) is 7.11 Å². The first-order valence-electron chi connectivity index (χ1n) is 3.12. The summed E-state index contributed by atoms with van der Waals surface area (Å²) in [6.07, 6.45) is -0.983. The second-order valence-corrected chi connectivity index (χ2v) is 2.25. The predicted molar refractivity (Wildman–Crippen MR) is 37.1 cm³/mol. The largest absolute Gasteiger partial charge is 0.465 e. The fourth-order valence-corrected chi connectivity index (χ4v) is 0.605. The third-order valence-corrected chi connectivity index (χ3v) is 1.05. The molecule has 0 bridgehead atoms. The van der Waals surface area contributed by atoms with Crippen LogP contribution < -0.4 is 5.32 Å². The Hall–Kier alpha value is -0.770. The molecule has 0 fully saturated rings. The van der Waals surface area contributed by atoms with Crippen LogP contribution in [0, 0.1) is 5.92 Å². The number of nitrogens with one attached hydrogen (secondary N) is 1. The van der Waals surface area contributed by atoms with Crippen LogP contribution in [0.15, 0.2) is 0 Å². The lowest BCUT2D eigenvalue weighted by atomic mass is 10.2. The minimum Gasteiger partial charge on any atom is -0.465 e. The summed E-state index contributed by atoms with van der Waals surface area (Å²) in [5.74, 6) is 0.237. The van der Waals surface area contributed by atoms with Crippen molar-refractivity contribution in [3.05, 3.63) is 0 Å². The summed E-state index contributed by atoms with van der Waals surface area (Å²) in [7, 11) is 1.59. The van der Waals surface area contributed by atoms with E-state index in [4.69, 9.17) is 9.84 Å². The molecule has 0 aliphatic heterocycles. The predicted octanol–water partition coefficient (Wildman–Crippen LogP) is 0.536. The lowest BCUT2D eigenvalue weighted by Crippen LogP contribution is -2.28. The molecule has 4 nitrogen and oxygen atoms in total. The van der Waals surface area contributed by atoms with Crippen molar-refractivity contribution in [1.29, 1.82) is 0 Å². The van der Waals surface area contributed by atoms with Crippen molar-refractivity contribution in [2.75, 3.05) is 20.3 Å². The fourth-order valence-electron chi connectivity index (χ4n) is 0.605. The summed E-state index contributed by atoms with van der Waals surface area (Å²) in [4.78, 5) is 9.96. The molecule has 0 aromatic rings. The highest BCUT2D eigenvalue weighted by atomic mass is 16.5. The SMILES string of the molecule is COC[C@@H](C)CNC(=O)O. The van der Waals surface area contributed by atoms with Gasteiger partial charge in [-0.2, -0.15) is 0 Å². The minimum atomic E-state index is -0.983. The van der Waals surface area contributed by atoms with Gasteiger partial charge in [0.15, 0.2) is 0 Å². The van der Waals surface area contributed by atoms with Crippen molar-refractivity contribution in [2.45, 2.75) is 6.92 Å². The van der Waals surface area contributed by atoms with Crippen molar-refractivity contribution >= 4 is 6.09 Å². The van der Waals surface area contributed by atoms with E-state index in [9.17, 15) is 4.79 Å². The molecule has 0 saturated heterocycles. The molecule has 1 amide bonds. The van der Waals surface area contributed by atoms with Gasteiger partial charge in [0.05, 0.1) is 6.61 Å². The van der Waals surface area contributed by atoms with Gasteiger partial charge in [-0.25, -0.2) is 4.79 Å². The van der Waals surface area contributed by atoms with Crippen molar-refractivity contribution in [3.63, 3.8) is 0 Å². The molecule has 0 aliphatic rings. The quantitative estimate of drug-likeness (QED) is 0.610. The Balaban J connectivity index is 3.21. The first kappa shape index (κ1) is 9.23. The Morgan fingerprint density at radius 3 is 2.80 bits per heavy atom. The molecule has 4 heteroatoms. The number of carboxylic acid groups (broad SMARTS) is 1. The van der Waals surface area contributed by atoms with Crippen molar-refractivity contribution in [1.82, 2.24) is 5.32 Å². The number of methoxy groups -OCH3 is 1. The molecule has 0 aromatic carbocycles. The van der Waals surface area contributed by atoms with Gasteiger partial charge in [-0.3, -0.25) is 0 Å². The zero-order chi connectivity index (χ0) is 7.98. The smallest absolute Gasteiger partial charge is 0.404 e. The number of ether oxygens (including phenoxy) is 1. The summed E-state index contributed by atoms with van der Waals surface area (Å²) in [5, 5.41) is 10.4. The third-order valence-electron chi connectivity index (χ3n) is 1.05. The van der Waals surface area contributed by atoms with Crippen molar-refractivity contribution in [3.8, 4) is 0 Å². The molecule has 0 radical (unpaired) electrons. The van der Waals surface area contributed by atoms with E-state index in [0.29, 0.717) is 13.2 Å². The summed E-state index contributed by atoms with van der Waals surface area (Å²) in [5.41, 5.74) is 0. The van der Waals surface area contributed by atoms with E-state index >= 15 is 0 Å². The van der Waals surface area contributed by atoms with Gasteiger partial charge < -0.3 is 15.2 Å². The lowest BCUT2D eigenvalue weighted by molar-refractivity contribution is 0.154. The maximum Gasteiger partial charge on any atom is 0.404 e. The molecule has 0 spiro atoms. The summed E-state index contributed by atoms with van der Waals surface area (Å²) >= 11 is 0. The van der Waals surface area contributed by atoms with Crippen LogP contribution in [0.2, 0.25) is 0 Å². The molecule has 2 N–H and O–H groups in total. The molecule has 0 unspecified atom stereocenters. The Kier molecular flexibility index (Phi) is 4.66. The van der Waals surface area contributed by atoms with Gasteiger partial charge >= 0.3 is 6.09 Å². The van der Waals surface area contributed by atoms with E-state index in [-0.39, 0.29) is 5.92 Å². The van der Waals surface area contributed by atoms with Crippen molar-refractivity contribution < 1.29 is 14.6 Å². The first-order valence-corrected chi connectivity index (χ1v) is 3.12. The summed E-state index contributed by atoms with van der Waals surface area (Å²) in [6, 6.07) is 0. The second-order valence-electron chi connectivity index (χ2n) is 2.25. The second kappa shape index (κ2) is 5.05. The standard InChI is InChI=1S/C6H13NO3/c1-5(4-10-2)3-7-6(8)9/h5,7H,3-4H2,1-2H3,(H,8,9)/t5-/m0/s1. The van der Waals surface area contributed by atoms with Crippen molar-refractivity contribution in [2.24, 2.45) is 5.92 Å². The summed E-state index contributed by atoms with van der Waals surface area (Å²) < 4.78 is 4.80. The molecule has 0 saturated carbocycles. The molecular weight excluding hydrogens is 134 g/mol. The van der Waals surface area contributed by atoms with Gasteiger partial charge in [0.2, 0.25) is 0 Å². The zero-order valence-corrected chi connectivity index (χ0v) is 6.26. The number of carbonyl (C=O) groups is 1. The van der Waals surface area contributed by atoms with E-state index in [2.05, 4.69) is 5.32 Å². The maximum absolute atomic E-state index is 9.96. The number of rotatable bonds is 4. The van der Waals surface area contributed by atoms with Crippen LogP contribution in [0.3, 0.4) is 0 Å². The molecule has 10 heavy (non-hydrogen) atoms. The minimum absolute atomic E-state index is 0.237. The van der Waals surface area contributed by atoms with Crippen LogP contribution in [0.25, 0.3) is 0 Å². The van der Waals surface area contributed by atoms with Crippen LogP contribution in [0.1, 0.15) is 6.92 Å². The van der Waals surface area contributed by atoms with Gasteiger partial charge in [-0.15, -0.1) is 0 Å². The van der Waals surface area contributed by atoms with Gasteiger partial charge in [0.1, 0.15) is 0 Å². The molecule has 60 valence electrons. The van der Waals surface area contributed by atoms with Crippen LogP contribution in [-0.4, -0.2) is 31.5 Å². The number of hydrogen-bond donors (Lipinski definition) is 2. The van der Waals surface area contributed by atoms with Crippen LogP contribution in [0.5, 0.6) is 0 Å². The normalized spacial score (nSPS) is 12.6. The average molecular weight is 147 g/mol. The third kappa shape index (κ3) is 5.37. The van der Waals surface area contributed by atoms with Crippen LogP contribution in [-0.2, 0) is 4.74 Å². The van der Waals surface area contributed by atoms with E-state index in [1.165, 1.54) is 0 Å². The summed E-state index contributed by atoms with van der Waals surface area (Å²) in [6.45, 7) is 2.95. The maximum atomic E-state index is 9.96. The number of hydrogen-bond acceptors (Lipinski definition) is 2. The topological polar surface area (TPSA) is 58.6 Å². The molecule has 0 aromatic heterocycles. The zero-order valence-electron chi connectivity index (χ0n) is 6.26. The Labute approximate surface area is 60.2 Å². The molecule has 0 aliphatic carbocycles. The highest BCUT2D eigenvalue weighted by molar-refractivity contribution is 5.64. The first-order chi connectivity index (χ1) is 4.66. The molecule has 1 atom stereocenters. The Morgan fingerprint density at radius 2 is 2.40 bits per heavy atom. The van der Waals surface area contributed by atoms with Gasteiger partial charge in [0.25, 0.3) is 0 Å². The number of amides is 1. The van der Waals surface area contributed by atoms with E-state index in [1.807, 2.05) is 6.92 Å². The monoisotopic (exact) mass is 147 g/mol. The van der Waals surface area contributed by atoms with Crippen LogP contribution >= 0.6 is 0 Å². The Morgan fingerprint density at radius 1 is 1.80 bits per heavy atom. The van der Waals surface area contributed by atoms with Gasteiger partial charge in [-0.05, 0) is 5.92 Å². The molecule has 0 heterocycles. The van der Waals surface area contributed by atoms with Crippen LogP contribution in [0.4, 0.5) is 4.79 Å². The highest BCUT2D eigenvalue weighted by Crippen LogP contribution is 1.91. The Bertz CT molecular complexity index is 105. The van der Waals surface area contributed by atoms with E-state index in [0.717, 1.165) is 0 Å². The van der Waals surface area contributed by atoms with Gasteiger partial charge in [0, 0.05) is 13.7 Å². The average Bonchev–Trinajstić information content (AvgIpc) is 1.85. The van der Waals surface area contributed by atoms with E-state index < -0.39 is 6.09 Å². The fraction of sp³-hybridized carbons (Fsp3) is 0.833. The lowest BCUT2D eigenvalue weighted by Gasteiger charge is -2.08. The molecular formula is C6H13NO3. The highest BCUT2D eigenvalue weighted by Gasteiger charge is 2.01. The molecule has 0 rings (SSSR count).